The summed E-state index contributed by atoms with van der Waals surface area (Å²) in [6.07, 6.45) is 23.8. The monoisotopic (exact) mass is 384 g/mol. The lowest BCUT2D eigenvalue weighted by molar-refractivity contribution is -0.119. The summed E-state index contributed by atoms with van der Waals surface area (Å²) in [6.45, 7) is 2.29. The number of primary amides is 1. The molecule has 2 unspecified atom stereocenters. The van der Waals surface area contributed by atoms with Crippen LogP contribution in [0.15, 0.2) is 0 Å². The zero-order valence-corrected chi connectivity index (χ0v) is 18.1. The van der Waals surface area contributed by atoms with E-state index >= 15 is 0 Å². The molecule has 0 aromatic heterocycles. The highest BCUT2D eigenvalue weighted by Gasteiger charge is 2.27. The van der Waals surface area contributed by atoms with Gasteiger partial charge in [0.25, 0.3) is 0 Å². The first kappa shape index (κ1) is 23.8. The molecule has 3 nitrogen and oxygen atoms in total. The summed E-state index contributed by atoms with van der Waals surface area (Å²) in [5.74, 6) is 0.644. The number of carbonyl (C=O) groups excluding carboxylic acids is 1. The van der Waals surface area contributed by atoms with Gasteiger partial charge in [-0.15, -0.1) is 11.8 Å². The molecule has 0 radical (unpaired) electrons. The maximum Gasteiger partial charge on any atom is 0.235 e. The Labute approximate surface area is 167 Å². The number of amides is 1. The summed E-state index contributed by atoms with van der Waals surface area (Å²) in [5, 5.41) is 3.77. The van der Waals surface area contributed by atoms with Gasteiger partial charge in [-0.1, -0.05) is 110 Å². The van der Waals surface area contributed by atoms with Crippen molar-refractivity contribution in [3.05, 3.63) is 0 Å². The zero-order chi connectivity index (χ0) is 18.9. The Hall–Kier alpha value is -0.220. The Balaban J connectivity index is 1.72. The SMILES string of the molecule is CCCCCCCCCCCCCCCCCCC1NC(C(N)=O)CS1. The molecule has 3 N–H and O–H groups in total. The molecule has 0 saturated carbocycles. The Morgan fingerprint density at radius 1 is 0.808 bits per heavy atom. The first-order valence-electron chi connectivity index (χ1n) is 11.4. The molecule has 4 heteroatoms. The van der Waals surface area contributed by atoms with Crippen molar-refractivity contribution in [2.75, 3.05) is 5.75 Å². The quantitative estimate of drug-likeness (QED) is 0.278. The van der Waals surface area contributed by atoms with Gasteiger partial charge in [-0.05, 0) is 6.42 Å². The third-order valence-electron chi connectivity index (χ3n) is 5.51. The minimum absolute atomic E-state index is 0.106. The Kier molecular flexibility index (Phi) is 15.5. The van der Waals surface area contributed by atoms with E-state index in [0.29, 0.717) is 5.37 Å². The van der Waals surface area contributed by atoms with E-state index in [1.165, 1.54) is 109 Å². The van der Waals surface area contributed by atoms with Crippen LogP contribution in [0.5, 0.6) is 0 Å². The van der Waals surface area contributed by atoms with Gasteiger partial charge in [-0.25, -0.2) is 0 Å². The van der Waals surface area contributed by atoms with E-state index in [1.807, 2.05) is 11.8 Å². The topological polar surface area (TPSA) is 55.1 Å². The van der Waals surface area contributed by atoms with Crippen LogP contribution in [0.1, 0.15) is 116 Å². The van der Waals surface area contributed by atoms with Gasteiger partial charge in [0.15, 0.2) is 0 Å². The van der Waals surface area contributed by atoms with Crippen molar-refractivity contribution in [3.8, 4) is 0 Å². The normalized spacial score (nSPS) is 19.9. The van der Waals surface area contributed by atoms with Crippen molar-refractivity contribution in [2.45, 2.75) is 127 Å². The molecule has 1 aliphatic heterocycles. The van der Waals surface area contributed by atoms with Gasteiger partial charge in [-0.2, -0.15) is 0 Å². The van der Waals surface area contributed by atoms with Crippen LogP contribution < -0.4 is 11.1 Å². The molecule has 0 aliphatic carbocycles. The molecule has 26 heavy (non-hydrogen) atoms. The van der Waals surface area contributed by atoms with Crippen LogP contribution in [-0.2, 0) is 4.79 Å². The molecular formula is C22H44N2OS. The molecule has 1 heterocycles. The highest BCUT2D eigenvalue weighted by molar-refractivity contribution is 8.00. The molecule has 0 aromatic rings. The molecule has 1 amide bonds. The maximum atomic E-state index is 11.1. The third-order valence-corrected chi connectivity index (χ3v) is 6.81. The van der Waals surface area contributed by atoms with Crippen LogP contribution in [0.4, 0.5) is 0 Å². The second kappa shape index (κ2) is 16.9. The minimum atomic E-state index is -0.202. The van der Waals surface area contributed by atoms with E-state index < -0.39 is 0 Å². The predicted octanol–water partition coefficient (Wildman–Crippen LogP) is 6.15. The Morgan fingerprint density at radius 2 is 1.23 bits per heavy atom. The van der Waals surface area contributed by atoms with Crippen LogP contribution in [0.25, 0.3) is 0 Å². The van der Waals surface area contributed by atoms with Gasteiger partial charge in [0, 0.05) is 5.75 Å². The average Bonchev–Trinajstić information content (AvgIpc) is 3.10. The van der Waals surface area contributed by atoms with E-state index in [1.54, 1.807) is 0 Å². The molecular weight excluding hydrogens is 340 g/mol. The molecule has 0 aromatic carbocycles. The molecule has 154 valence electrons. The lowest BCUT2D eigenvalue weighted by Crippen LogP contribution is -2.40. The highest BCUT2D eigenvalue weighted by Crippen LogP contribution is 2.23. The summed E-state index contributed by atoms with van der Waals surface area (Å²) >= 11 is 1.85. The fourth-order valence-electron chi connectivity index (χ4n) is 3.74. The number of carbonyl (C=O) groups is 1. The molecule has 2 atom stereocenters. The van der Waals surface area contributed by atoms with Crippen molar-refractivity contribution in [1.82, 2.24) is 5.32 Å². The van der Waals surface area contributed by atoms with Gasteiger partial charge in [-0.3, -0.25) is 10.1 Å². The number of unbranched alkanes of at least 4 members (excludes halogenated alkanes) is 15. The van der Waals surface area contributed by atoms with Crippen LogP contribution in [0, 0.1) is 0 Å². The van der Waals surface area contributed by atoms with Crippen molar-refractivity contribution in [2.24, 2.45) is 5.73 Å². The largest absolute Gasteiger partial charge is 0.368 e. The van der Waals surface area contributed by atoms with Gasteiger partial charge in [0.2, 0.25) is 5.91 Å². The average molecular weight is 385 g/mol. The van der Waals surface area contributed by atoms with Crippen molar-refractivity contribution in [1.29, 1.82) is 0 Å². The van der Waals surface area contributed by atoms with E-state index in [4.69, 9.17) is 5.73 Å². The standard InChI is InChI=1S/C22H44N2OS/c1-2-3-4-5-6-7-8-9-10-11-12-13-14-15-16-17-18-21-24-20(19-26-21)22(23)25/h20-21,24H,2-19H2,1H3,(H2,23,25). The molecule has 0 bridgehead atoms. The molecule has 0 spiro atoms. The lowest BCUT2D eigenvalue weighted by Gasteiger charge is -2.10. The van der Waals surface area contributed by atoms with Crippen LogP contribution in [-0.4, -0.2) is 23.1 Å². The van der Waals surface area contributed by atoms with Crippen LogP contribution in [0.3, 0.4) is 0 Å². The zero-order valence-electron chi connectivity index (χ0n) is 17.3. The third kappa shape index (κ3) is 13.0. The number of nitrogens with two attached hydrogens (primary N) is 1. The lowest BCUT2D eigenvalue weighted by atomic mass is 10.0. The van der Waals surface area contributed by atoms with Gasteiger partial charge in [0.05, 0.1) is 11.4 Å². The van der Waals surface area contributed by atoms with Crippen LogP contribution in [0.2, 0.25) is 0 Å². The summed E-state index contributed by atoms with van der Waals surface area (Å²) in [7, 11) is 0. The summed E-state index contributed by atoms with van der Waals surface area (Å²) < 4.78 is 0. The van der Waals surface area contributed by atoms with Gasteiger partial charge in [0.1, 0.15) is 0 Å². The van der Waals surface area contributed by atoms with Crippen LogP contribution >= 0.6 is 11.8 Å². The molecule has 1 aliphatic rings. The summed E-state index contributed by atoms with van der Waals surface area (Å²) in [4.78, 5) is 11.1. The second-order valence-corrected chi connectivity index (χ2v) is 9.27. The number of hydrogen-bond donors (Lipinski definition) is 2. The summed E-state index contributed by atoms with van der Waals surface area (Å²) in [6, 6.07) is -0.106. The molecule has 1 rings (SSSR count). The van der Waals surface area contributed by atoms with E-state index in [0.717, 1.165) is 5.75 Å². The molecule has 1 saturated heterocycles. The maximum absolute atomic E-state index is 11.1. The number of hydrogen-bond acceptors (Lipinski definition) is 3. The number of thioether (sulfide) groups is 1. The smallest absolute Gasteiger partial charge is 0.235 e. The highest BCUT2D eigenvalue weighted by atomic mass is 32.2. The first-order chi connectivity index (χ1) is 12.7. The number of nitrogens with one attached hydrogen (secondary N) is 1. The predicted molar refractivity (Wildman–Crippen MR) is 117 cm³/mol. The van der Waals surface area contributed by atoms with Gasteiger partial charge >= 0.3 is 0 Å². The minimum Gasteiger partial charge on any atom is -0.368 e. The fourth-order valence-corrected chi connectivity index (χ4v) is 5.02. The Bertz CT molecular complexity index is 338. The second-order valence-electron chi connectivity index (χ2n) is 8.04. The van der Waals surface area contributed by atoms with Gasteiger partial charge < -0.3 is 5.73 Å². The van der Waals surface area contributed by atoms with E-state index in [9.17, 15) is 4.79 Å². The van der Waals surface area contributed by atoms with Crippen molar-refractivity contribution < 1.29 is 4.79 Å². The van der Waals surface area contributed by atoms with E-state index in [2.05, 4.69) is 12.2 Å². The number of rotatable bonds is 18. The van der Waals surface area contributed by atoms with Crippen molar-refractivity contribution >= 4 is 17.7 Å². The fraction of sp³-hybridized carbons (Fsp3) is 0.955. The first-order valence-corrected chi connectivity index (χ1v) is 12.5. The molecule has 1 fully saturated rings. The van der Waals surface area contributed by atoms with E-state index in [-0.39, 0.29) is 11.9 Å². The summed E-state index contributed by atoms with van der Waals surface area (Å²) in [5.41, 5.74) is 5.34. The Morgan fingerprint density at radius 3 is 1.62 bits per heavy atom. The van der Waals surface area contributed by atoms with Crippen molar-refractivity contribution in [3.63, 3.8) is 0 Å².